The van der Waals surface area contributed by atoms with Crippen LogP contribution in [0.5, 0.6) is 0 Å². The van der Waals surface area contributed by atoms with E-state index in [1.165, 1.54) is 63.4 Å². The summed E-state index contributed by atoms with van der Waals surface area (Å²) in [7, 11) is 0. The Morgan fingerprint density at radius 1 is 0.778 bits per heavy atom. The first-order chi connectivity index (χ1) is 8.86. The second-order valence-corrected chi connectivity index (χ2v) is 5.33. The van der Waals surface area contributed by atoms with E-state index in [2.05, 4.69) is 44.2 Å². The highest BCUT2D eigenvalue weighted by Crippen LogP contribution is 2.23. The van der Waals surface area contributed by atoms with Crippen LogP contribution in [0.1, 0.15) is 70.8 Å². The highest BCUT2D eigenvalue weighted by Gasteiger charge is 2.09. The molecule has 0 aromatic heterocycles. The third-order valence-electron chi connectivity index (χ3n) is 3.56. The molecule has 0 aliphatic carbocycles. The summed E-state index contributed by atoms with van der Waals surface area (Å²) in [5.74, 6) is 1.77. The predicted octanol–water partition coefficient (Wildman–Crippen LogP) is 5.96. The number of benzene rings is 1. The molecular weight excluding hydrogens is 216 g/mol. The average molecular weight is 245 g/mol. The Morgan fingerprint density at radius 2 is 1.33 bits per heavy atom. The average Bonchev–Trinajstić information content (AvgIpc) is 2.40. The van der Waals surface area contributed by atoms with Gasteiger partial charge in [-0.2, -0.15) is 0 Å². The molecule has 0 aliphatic rings. The molecule has 0 nitrogen and oxygen atoms in total. The minimum atomic E-state index is 1.20. The molecule has 0 aliphatic heterocycles. The lowest BCUT2D eigenvalue weighted by Crippen LogP contribution is -2.02. The Bertz CT molecular complexity index is 265. The lowest BCUT2D eigenvalue weighted by molar-refractivity contribution is 0.583. The van der Waals surface area contributed by atoms with E-state index in [1.807, 2.05) is 0 Å². The van der Waals surface area contributed by atoms with Gasteiger partial charge in [-0.1, -0.05) is 82.7 Å². The van der Waals surface area contributed by atoms with Gasteiger partial charge in [0.1, 0.15) is 0 Å². The molecule has 1 radical (unpaired) electrons. The molecule has 1 aromatic rings. The van der Waals surface area contributed by atoms with Crippen LogP contribution in [0.2, 0.25) is 0 Å². The first-order valence-corrected chi connectivity index (χ1v) is 7.74. The maximum absolute atomic E-state index is 2.29. The van der Waals surface area contributed by atoms with Crippen LogP contribution in [-0.4, -0.2) is 0 Å². The first kappa shape index (κ1) is 15.3. The Morgan fingerprint density at radius 3 is 1.83 bits per heavy atom. The largest absolute Gasteiger partial charge is 0.0654 e. The highest BCUT2D eigenvalue weighted by atomic mass is 14.1. The van der Waals surface area contributed by atoms with Crippen LogP contribution in [0.15, 0.2) is 30.3 Å². The van der Waals surface area contributed by atoms with Crippen molar-refractivity contribution < 1.29 is 0 Å². The van der Waals surface area contributed by atoms with Gasteiger partial charge < -0.3 is 0 Å². The summed E-state index contributed by atoms with van der Waals surface area (Å²) in [5, 5.41) is 0. The Balaban J connectivity index is 2.37. The number of hydrogen-bond donors (Lipinski definition) is 0. The number of hydrogen-bond acceptors (Lipinski definition) is 0. The first-order valence-electron chi connectivity index (χ1n) is 7.74. The second kappa shape index (κ2) is 10.2. The van der Waals surface area contributed by atoms with Crippen molar-refractivity contribution in [1.82, 2.24) is 0 Å². The molecule has 0 fully saturated rings. The Kier molecular flexibility index (Phi) is 8.63. The number of rotatable bonds is 10. The zero-order valence-electron chi connectivity index (χ0n) is 12.3. The van der Waals surface area contributed by atoms with Crippen LogP contribution in [0, 0.1) is 5.92 Å². The smallest absolute Gasteiger partial charge is 0.0197 e. The van der Waals surface area contributed by atoms with Crippen LogP contribution < -0.4 is 0 Å². The van der Waals surface area contributed by atoms with Gasteiger partial charge in [0.25, 0.3) is 0 Å². The lowest BCUT2D eigenvalue weighted by Gasteiger charge is -2.16. The van der Waals surface area contributed by atoms with E-state index >= 15 is 0 Å². The summed E-state index contributed by atoms with van der Waals surface area (Å²) >= 11 is 0. The van der Waals surface area contributed by atoms with Gasteiger partial charge in [0.05, 0.1) is 0 Å². The van der Waals surface area contributed by atoms with Crippen LogP contribution in [0.25, 0.3) is 0 Å². The van der Waals surface area contributed by atoms with Crippen molar-refractivity contribution in [2.75, 3.05) is 0 Å². The van der Waals surface area contributed by atoms with Gasteiger partial charge in [0.15, 0.2) is 0 Å². The van der Waals surface area contributed by atoms with Crippen molar-refractivity contribution in [2.45, 2.75) is 71.6 Å². The van der Waals surface area contributed by atoms with E-state index in [1.54, 1.807) is 5.92 Å². The fraction of sp³-hybridized carbons (Fsp3) is 0.611. The number of unbranched alkanes of at least 4 members (excludes halogenated alkanes) is 4. The minimum Gasteiger partial charge on any atom is -0.0654 e. The molecule has 0 atom stereocenters. The van der Waals surface area contributed by atoms with Gasteiger partial charge in [-0.3, -0.25) is 0 Å². The van der Waals surface area contributed by atoms with Crippen molar-refractivity contribution in [3.05, 3.63) is 41.8 Å². The zero-order valence-corrected chi connectivity index (χ0v) is 12.3. The zero-order chi connectivity index (χ0) is 13.1. The predicted molar refractivity (Wildman–Crippen MR) is 81.7 cm³/mol. The Labute approximate surface area is 114 Å². The molecule has 0 saturated heterocycles. The molecule has 0 spiro atoms. The van der Waals surface area contributed by atoms with Crippen molar-refractivity contribution >= 4 is 0 Å². The standard InChI is InChI=1S/C18H29/c1-3-5-8-12-17(13-9-6-4-2)16-18-14-10-7-11-15-18/h7,10-11,14-15H,3-6,8-9,12-13,16H2,1-2H3. The molecule has 1 rings (SSSR count). The minimum absolute atomic E-state index is 1.20. The fourth-order valence-corrected chi connectivity index (χ4v) is 2.44. The molecule has 0 heterocycles. The van der Waals surface area contributed by atoms with E-state index in [0.717, 1.165) is 0 Å². The molecule has 0 unspecified atom stereocenters. The highest BCUT2D eigenvalue weighted by molar-refractivity contribution is 5.19. The molecular formula is C18H29. The monoisotopic (exact) mass is 245 g/mol. The fourth-order valence-electron chi connectivity index (χ4n) is 2.44. The SMILES string of the molecule is CCCCC[C](CCCCC)Cc1ccccc1. The topological polar surface area (TPSA) is 0 Å². The van der Waals surface area contributed by atoms with Crippen LogP contribution >= 0.6 is 0 Å². The summed E-state index contributed by atoms with van der Waals surface area (Å²) < 4.78 is 0. The lowest BCUT2D eigenvalue weighted by atomic mass is 9.89. The normalized spacial score (nSPS) is 11.1. The third kappa shape index (κ3) is 6.83. The molecule has 0 bridgehead atoms. The van der Waals surface area contributed by atoms with Gasteiger partial charge in [0.2, 0.25) is 0 Å². The van der Waals surface area contributed by atoms with E-state index in [0.29, 0.717) is 0 Å². The molecule has 0 heteroatoms. The maximum Gasteiger partial charge on any atom is -0.0197 e. The van der Waals surface area contributed by atoms with E-state index in [-0.39, 0.29) is 0 Å². The quantitative estimate of drug-likeness (QED) is 0.446. The van der Waals surface area contributed by atoms with Gasteiger partial charge >= 0.3 is 0 Å². The summed E-state index contributed by atoms with van der Waals surface area (Å²) in [5.41, 5.74) is 1.49. The van der Waals surface area contributed by atoms with E-state index in [4.69, 9.17) is 0 Å². The Hall–Kier alpha value is -0.780. The van der Waals surface area contributed by atoms with Crippen LogP contribution in [0.4, 0.5) is 0 Å². The van der Waals surface area contributed by atoms with Crippen LogP contribution in [0.3, 0.4) is 0 Å². The van der Waals surface area contributed by atoms with Gasteiger partial charge in [-0.15, -0.1) is 0 Å². The third-order valence-corrected chi connectivity index (χ3v) is 3.56. The van der Waals surface area contributed by atoms with E-state index < -0.39 is 0 Å². The summed E-state index contributed by atoms with van der Waals surface area (Å²) in [6.45, 7) is 4.57. The van der Waals surface area contributed by atoms with Crippen molar-refractivity contribution in [1.29, 1.82) is 0 Å². The van der Waals surface area contributed by atoms with Gasteiger partial charge in [-0.25, -0.2) is 0 Å². The molecule has 0 N–H and O–H groups in total. The molecule has 18 heavy (non-hydrogen) atoms. The summed E-state index contributed by atoms with van der Waals surface area (Å²) in [6.07, 6.45) is 12.1. The molecule has 0 saturated carbocycles. The van der Waals surface area contributed by atoms with Crippen molar-refractivity contribution in [3.8, 4) is 0 Å². The van der Waals surface area contributed by atoms with Crippen LogP contribution in [-0.2, 0) is 6.42 Å². The maximum atomic E-state index is 2.29. The van der Waals surface area contributed by atoms with Crippen molar-refractivity contribution in [2.24, 2.45) is 0 Å². The summed E-state index contributed by atoms with van der Waals surface area (Å²) in [6, 6.07) is 11.0. The van der Waals surface area contributed by atoms with E-state index in [9.17, 15) is 0 Å². The molecule has 1 aromatic carbocycles. The second-order valence-electron chi connectivity index (χ2n) is 5.33. The van der Waals surface area contributed by atoms with Crippen molar-refractivity contribution in [3.63, 3.8) is 0 Å². The molecule has 101 valence electrons. The summed E-state index contributed by atoms with van der Waals surface area (Å²) in [4.78, 5) is 0. The molecule has 0 amide bonds. The van der Waals surface area contributed by atoms with Gasteiger partial charge in [0, 0.05) is 0 Å². The van der Waals surface area contributed by atoms with Gasteiger partial charge in [-0.05, 0) is 30.7 Å².